The van der Waals surface area contributed by atoms with Crippen molar-refractivity contribution in [2.75, 3.05) is 0 Å². The molecule has 4 aliphatic rings. The summed E-state index contributed by atoms with van der Waals surface area (Å²) in [6, 6.07) is 0. The van der Waals surface area contributed by atoms with Crippen molar-refractivity contribution in [3.63, 3.8) is 0 Å². The molecule has 4 aliphatic carbocycles. The van der Waals surface area contributed by atoms with E-state index in [4.69, 9.17) is 0 Å². The Balaban J connectivity index is 1.76. The molecule has 2 nitrogen and oxygen atoms in total. The van der Waals surface area contributed by atoms with E-state index >= 15 is 0 Å². The molecule has 0 saturated heterocycles. The molecule has 0 amide bonds. The SMILES string of the molecule is CC1(C)C(=O)CC[C@@]2(C)C1=CCC1C2CC[C@]2(C)C(=O)CCC12. The summed E-state index contributed by atoms with van der Waals surface area (Å²) in [5, 5.41) is 0. The van der Waals surface area contributed by atoms with Gasteiger partial charge in [0.25, 0.3) is 0 Å². The third-order valence-electron chi connectivity index (χ3n) is 8.42. The Hall–Kier alpha value is -0.920. The molecule has 0 bridgehead atoms. The molecule has 0 spiro atoms. The van der Waals surface area contributed by atoms with Crippen LogP contribution in [0.2, 0.25) is 0 Å². The lowest BCUT2D eigenvalue weighted by atomic mass is 9.45. The molecule has 0 radical (unpaired) electrons. The first kappa shape index (κ1) is 15.6. The van der Waals surface area contributed by atoms with Crippen molar-refractivity contribution in [2.24, 2.45) is 34.0 Å². The van der Waals surface area contributed by atoms with E-state index in [0.717, 1.165) is 38.5 Å². The number of fused-ring (bicyclic) bond motifs is 5. The van der Waals surface area contributed by atoms with Crippen molar-refractivity contribution in [3.8, 4) is 0 Å². The van der Waals surface area contributed by atoms with E-state index in [1.807, 2.05) is 0 Å². The maximum atomic E-state index is 12.5. The van der Waals surface area contributed by atoms with Gasteiger partial charge in [0.2, 0.25) is 0 Å². The number of ketones is 2. The van der Waals surface area contributed by atoms with Gasteiger partial charge in [0.15, 0.2) is 0 Å². The van der Waals surface area contributed by atoms with Crippen molar-refractivity contribution < 1.29 is 9.59 Å². The van der Waals surface area contributed by atoms with Crippen molar-refractivity contribution in [1.29, 1.82) is 0 Å². The molecule has 0 aromatic carbocycles. The monoisotopic (exact) mass is 314 g/mol. The van der Waals surface area contributed by atoms with Crippen LogP contribution in [-0.4, -0.2) is 11.6 Å². The maximum Gasteiger partial charge on any atom is 0.142 e. The second-order valence-electron chi connectivity index (χ2n) is 9.61. The Kier molecular flexibility index (Phi) is 3.11. The normalized spacial score (nSPS) is 48.3. The Morgan fingerprint density at radius 3 is 2.30 bits per heavy atom. The van der Waals surface area contributed by atoms with Gasteiger partial charge in [-0.15, -0.1) is 0 Å². The summed E-state index contributed by atoms with van der Waals surface area (Å²) in [7, 11) is 0. The highest BCUT2D eigenvalue weighted by molar-refractivity contribution is 5.89. The lowest BCUT2D eigenvalue weighted by Crippen LogP contribution is -2.53. The lowest BCUT2D eigenvalue weighted by molar-refractivity contribution is -0.135. The van der Waals surface area contributed by atoms with Gasteiger partial charge in [0, 0.05) is 23.7 Å². The van der Waals surface area contributed by atoms with Crippen LogP contribution < -0.4 is 0 Å². The average Bonchev–Trinajstić information content (AvgIpc) is 2.79. The fraction of sp³-hybridized carbons (Fsp3) is 0.810. The standard InChI is InChI=1S/C21H30O2/c1-19(2)16-7-5-13-14-6-8-18(23)21(14,4)11-9-15(13)20(16,3)12-10-17(19)22/h7,13-15H,5-6,8-12H2,1-4H3/t13?,14?,15?,20-,21+/m1/s1. The van der Waals surface area contributed by atoms with Crippen LogP contribution in [0.1, 0.15) is 72.6 Å². The van der Waals surface area contributed by atoms with Gasteiger partial charge >= 0.3 is 0 Å². The zero-order valence-electron chi connectivity index (χ0n) is 15.1. The Morgan fingerprint density at radius 2 is 1.57 bits per heavy atom. The largest absolute Gasteiger partial charge is 0.299 e. The molecule has 4 rings (SSSR count). The Morgan fingerprint density at radius 1 is 0.870 bits per heavy atom. The molecule has 3 unspecified atom stereocenters. The third-order valence-corrected chi connectivity index (χ3v) is 8.42. The van der Waals surface area contributed by atoms with Gasteiger partial charge in [-0.3, -0.25) is 9.59 Å². The van der Waals surface area contributed by atoms with Gasteiger partial charge in [-0.25, -0.2) is 0 Å². The van der Waals surface area contributed by atoms with E-state index in [-0.39, 0.29) is 16.2 Å². The zero-order chi connectivity index (χ0) is 16.6. The smallest absolute Gasteiger partial charge is 0.142 e. The molecule has 0 aromatic rings. The molecule has 3 saturated carbocycles. The molecule has 0 heterocycles. The van der Waals surface area contributed by atoms with Gasteiger partial charge in [0.05, 0.1) is 0 Å². The first-order valence-electron chi connectivity index (χ1n) is 9.49. The van der Waals surface area contributed by atoms with Crippen molar-refractivity contribution in [1.82, 2.24) is 0 Å². The number of carbonyl (C=O) groups is 2. The van der Waals surface area contributed by atoms with E-state index in [0.29, 0.717) is 29.3 Å². The summed E-state index contributed by atoms with van der Waals surface area (Å²) in [5.41, 5.74) is 1.25. The Bertz CT molecular complexity index is 613. The van der Waals surface area contributed by atoms with Crippen LogP contribution in [0.25, 0.3) is 0 Å². The Labute approximate surface area is 140 Å². The van der Waals surface area contributed by atoms with Crippen molar-refractivity contribution >= 4 is 11.6 Å². The quantitative estimate of drug-likeness (QED) is 0.606. The summed E-state index contributed by atoms with van der Waals surface area (Å²) in [4.78, 5) is 24.9. The molecule has 126 valence electrons. The van der Waals surface area contributed by atoms with Gasteiger partial charge in [-0.1, -0.05) is 25.5 Å². The predicted octanol–water partition coefficient (Wildman–Crippen LogP) is 4.72. The summed E-state index contributed by atoms with van der Waals surface area (Å²) in [6.07, 6.45) is 9.35. The summed E-state index contributed by atoms with van der Waals surface area (Å²) in [5.74, 6) is 2.82. The third kappa shape index (κ3) is 1.81. The minimum atomic E-state index is -0.287. The summed E-state index contributed by atoms with van der Waals surface area (Å²) >= 11 is 0. The first-order valence-corrected chi connectivity index (χ1v) is 9.49. The molecule has 0 aliphatic heterocycles. The van der Waals surface area contributed by atoms with Crippen LogP contribution in [-0.2, 0) is 9.59 Å². The minimum Gasteiger partial charge on any atom is -0.299 e. The predicted molar refractivity (Wildman–Crippen MR) is 90.9 cm³/mol. The highest BCUT2D eigenvalue weighted by atomic mass is 16.1. The molecular formula is C21H30O2. The molecule has 5 atom stereocenters. The molecule has 0 N–H and O–H groups in total. The second-order valence-corrected chi connectivity index (χ2v) is 9.61. The van der Waals surface area contributed by atoms with Crippen molar-refractivity contribution in [2.45, 2.75) is 72.6 Å². The van der Waals surface area contributed by atoms with Crippen molar-refractivity contribution in [3.05, 3.63) is 11.6 Å². The van der Waals surface area contributed by atoms with E-state index in [2.05, 4.69) is 33.8 Å². The number of hydrogen-bond donors (Lipinski definition) is 0. The first-order chi connectivity index (χ1) is 10.7. The highest BCUT2D eigenvalue weighted by Crippen LogP contribution is 2.65. The van der Waals surface area contributed by atoms with Crippen LogP contribution in [0, 0.1) is 34.0 Å². The lowest BCUT2D eigenvalue weighted by Gasteiger charge is -2.58. The van der Waals surface area contributed by atoms with Crippen LogP contribution in [0.3, 0.4) is 0 Å². The van der Waals surface area contributed by atoms with E-state index in [1.54, 1.807) is 0 Å². The van der Waals surface area contributed by atoms with Crippen LogP contribution in [0.4, 0.5) is 0 Å². The molecule has 23 heavy (non-hydrogen) atoms. The van der Waals surface area contributed by atoms with Gasteiger partial charge in [-0.2, -0.15) is 0 Å². The number of allylic oxidation sites excluding steroid dienone is 2. The number of hydrogen-bond acceptors (Lipinski definition) is 2. The van der Waals surface area contributed by atoms with Gasteiger partial charge in [-0.05, 0) is 69.1 Å². The summed E-state index contributed by atoms with van der Waals surface area (Å²) in [6.45, 7) is 8.91. The fourth-order valence-electron chi connectivity index (χ4n) is 6.99. The van der Waals surface area contributed by atoms with Gasteiger partial charge in [0.1, 0.15) is 11.6 Å². The van der Waals surface area contributed by atoms with Gasteiger partial charge < -0.3 is 0 Å². The summed E-state index contributed by atoms with van der Waals surface area (Å²) < 4.78 is 0. The van der Waals surface area contributed by atoms with E-state index in [1.165, 1.54) is 12.0 Å². The number of carbonyl (C=O) groups excluding carboxylic acids is 2. The van der Waals surface area contributed by atoms with E-state index in [9.17, 15) is 9.59 Å². The number of Topliss-reactive ketones (excluding diaryl/α,β-unsaturated/α-hetero) is 2. The second kappa shape index (κ2) is 4.58. The van der Waals surface area contributed by atoms with Crippen LogP contribution >= 0.6 is 0 Å². The molecular weight excluding hydrogens is 284 g/mol. The van der Waals surface area contributed by atoms with Crippen LogP contribution in [0.15, 0.2) is 11.6 Å². The van der Waals surface area contributed by atoms with Crippen LogP contribution in [0.5, 0.6) is 0 Å². The maximum absolute atomic E-state index is 12.5. The average molecular weight is 314 g/mol. The zero-order valence-corrected chi connectivity index (χ0v) is 15.1. The molecule has 3 fully saturated rings. The topological polar surface area (TPSA) is 34.1 Å². The molecule has 0 aromatic heterocycles. The molecule has 2 heteroatoms. The fourth-order valence-corrected chi connectivity index (χ4v) is 6.99. The number of rotatable bonds is 0. The minimum absolute atomic E-state index is 0.0527. The van der Waals surface area contributed by atoms with E-state index < -0.39 is 0 Å². The highest BCUT2D eigenvalue weighted by Gasteiger charge is 2.60.